The molecule has 3 nitrogen and oxygen atoms in total. The van der Waals surface area contributed by atoms with Gasteiger partial charge in [-0.3, -0.25) is 4.90 Å². The average molecular weight is 256 g/mol. The van der Waals surface area contributed by atoms with Crippen molar-refractivity contribution >= 4 is 0 Å². The fraction of sp³-hybridized carbons (Fsp3) is 1.00. The number of hydrogen-bond acceptors (Lipinski definition) is 3. The molecule has 0 aromatic rings. The zero-order valence-corrected chi connectivity index (χ0v) is 12.9. The van der Waals surface area contributed by atoms with Gasteiger partial charge in [-0.15, -0.1) is 0 Å². The predicted molar refractivity (Wildman–Crippen MR) is 77.6 cm³/mol. The van der Waals surface area contributed by atoms with Crippen LogP contribution in [0.3, 0.4) is 0 Å². The lowest BCUT2D eigenvalue weighted by Crippen LogP contribution is -2.55. The van der Waals surface area contributed by atoms with Gasteiger partial charge in [0.2, 0.25) is 0 Å². The molecule has 0 aliphatic carbocycles. The van der Waals surface area contributed by atoms with Crippen LogP contribution in [0.2, 0.25) is 0 Å². The smallest absolute Gasteiger partial charge is 0.0632 e. The van der Waals surface area contributed by atoms with Crippen molar-refractivity contribution in [3.63, 3.8) is 0 Å². The average Bonchev–Trinajstić information content (AvgIpc) is 2.38. The highest BCUT2D eigenvalue weighted by molar-refractivity contribution is 4.93. The summed E-state index contributed by atoms with van der Waals surface area (Å²) in [6.45, 7) is 13.0. The van der Waals surface area contributed by atoms with Crippen molar-refractivity contribution in [2.24, 2.45) is 11.1 Å². The van der Waals surface area contributed by atoms with Crippen LogP contribution in [0.15, 0.2) is 0 Å². The topological polar surface area (TPSA) is 49.5 Å². The van der Waals surface area contributed by atoms with E-state index in [1.54, 1.807) is 0 Å². The molecule has 1 aliphatic rings. The van der Waals surface area contributed by atoms with Gasteiger partial charge in [0.1, 0.15) is 0 Å². The number of nitrogens with zero attached hydrogens (tertiary/aromatic N) is 1. The number of rotatable bonds is 3. The van der Waals surface area contributed by atoms with Crippen LogP contribution in [0.1, 0.15) is 60.3 Å². The third kappa shape index (κ3) is 4.22. The Labute approximate surface area is 113 Å². The van der Waals surface area contributed by atoms with Gasteiger partial charge in [-0.2, -0.15) is 0 Å². The summed E-state index contributed by atoms with van der Waals surface area (Å²) in [5.41, 5.74) is 6.04. The third-order valence-electron chi connectivity index (χ3n) is 4.26. The van der Waals surface area contributed by atoms with Crippen molar-refractivity contribution in [3.8, 4) is 0 Å². The fourth-order valence-electron chi connectivity index (χ4n) is 3.25. The standard InChI is InChI=1S/C15H32N2O/c1-6-12(16)13(14(2,3)4)17-10-7-8-15(5,18)9-11-17/h12-13,18H,6-11,16H2,1-5H3. The first-order chi connectivity index (χ1) is 8.17. The van der Waals surface area contributed by atoms with Gasteiger partial charge < -0.3 is 10.8 Å². The first-order valence-corrected chi connectivity index (χ1v) is 7.39. The summed E-state index contributed by atoms with van der Waals surface area (Å²) < 4.78 is 0. The molecule has 3 N–H and O–H groups in total. The lowest BCUT2D eigenvalue weighted by molar-refractivity contribution is 0.0344. The molecule has 0 bridgehead atoms. The highest BCUT2D eigenvalue weighted by Gasteiger charge is 2.36. The molecule has 0 saturated carbocycles. The minimum Gasteiger partial charge on any atom is -0.390 e. The quantitative estimate of drug-likeness (QED) is 0.815. The van der Waals surface area contributed by atoms with Crippen LogP contribution in [-0.4, -0.2) is 40.8 Å². The maximum atomic E-state index is 10.2. The second-order valence-electron chi connectivity index (χ2n) is 7.27. The molecule has 0 aromatic carbocycles. The molecule has 1 fully saturated rings. The molecule has 0 aromatic heterocycles. The van der Waals surface area contributed by atoms with Crippen molar-refractivity contribution in [2.75, 3.05) is 13.1 Å². The summed E-state index contributed by atoms with van der Waals surface area (Å²) in [5, 5.41) is 10.2. The lowest BCUT2D eigenvalue weighted by atomic mass is 9.80. The van der Waals surface area contributed by atoms with E-state index in [-0.39, 0.29) is 11.5 Å². The molecule has 1 aliphatic heterocycles. The van der Waals surface area contributed by atoms with Gasteiger partial charge in [0.25, 0.3) is 0 Å². The van der Waals surface area contributed by atoms with Crippen molar-refractivity contribution < 1.29 is 5.11 Å². The molecular formula is C15H32N2O. The van der Waals surface area contributed by atoms with Crippen LogP contribution < -0.4 is 5.73 Å². The molecular weight excluding hydrogens is 224 g/mol. The number of nitrogens with two attached hydrogens (primary N) is 1. The van der Waals surface area contributed by atoms with Gasteiger partial charge in [0, 0.05) is 18.6 Å². The first kappa shape index (κ1) is 15.9. The second kappa shape index (κ2) is 5.89. The van der Waals surface area contributed by atoms with Crippen LogP contribution in [0.5, 0.6) is 0 Å². The van der Waals surface area contributed by atoms with Crippen molar-refractivity contribution in [1.29, 1.82) is 0 Å². The van der Waals surface area contributed by atoms with E-state index in [1.165, 1.54) is 0 Å². The monoisotopic (exact) mass is 256 g/mol. The number of hydrogen-bond donors (Lipinski definition) is 2. The van der Waals surface area contributed by atoms with Crippen LogP contribution >= 0.6 is 0 Å². The van der Waals surface area contributed by atoms with Gasteiger partial charge in [-0.25, -0.2) is 0 Å². The summed E-state index contributed by atoms with van der Waals surface area (Å²) in [5.74, 6) is 0. The Balaban J connectivity index is 2.80. The Morgan fingerprint density at radius 3 is 2.39 bits per heavy atom. The molecule has 108 valence electrons. The summed E-state index contributed by atoms with van der Waals surface area (Å²) in [4.78, 5) is 2.51. The summed E-state index contributed by atoms with van der Waals surface area (Å²) in [6, 6.07) is 0.615. The van der Waals surface area contributed by atoms with Crippen molar-refractivity contribution in [1.82, 2.24) is 4.90 Å². The Kier molecular flexibility index (Phi) is 5.22. The minimum absolute atomic E-state index is 0.186. The van der Waals surface area contributed by atoms with Gasteiger partial charge in [-0.05, 0) is 44.6 Å². The van der Waals surface area contributed by atoms with Crippen molar-refractivity contribution in [3.05, 3.63) is 0 Å². The zero-order valence-electron chi connectivity index (χ0n) is 12.9. The van der Waals surface area contributed by atoms with Crippen LogP contribution in [0.4, 0.5) is 0 Å². The minimum atomic E-state index is -0.493. The molecule has 3 heteroatoms. The summed E-state index contributed by atoms with van der Waals surface area (Å²) in [7, 11) is 0. The largest absolute Gasteiger partial charge is 0.390 e. The Hall–Kier alpha value is -0.120. The highest BCUT2D eigenvalue weighted by Crippen LogP contribution is 2.31. The summed E-state index contributed by atoms with van der Waals surface area (Å²) >= 11 is 0. The Bertz CT molecular complexity index is 258. The van der Waals surface area contributed by atoms with E-state index in [0.717, 1.165) is 38.8 Å². The van der Waals surface area contributed by atoms with E-state index in [1.807, 2.05) is 6.92 Å². The zero-order chi connectivity index (χ0) is 14.0. The maximum absolute atomic E-state index is 10.2. The van der Waals surface area contributed by atoms with E-state index in [4.69, 9.17) is 5.73 Å². The maximum Gasteiger partial charge on any atom is 0.0632 e. The SMILES string of the molecule is CCC(N)C(N1CCCC(C)(O)CC1)C(C)(C)C. The van der Waals surface area contributed by atoms with Crippen molar-refractivity contribution in [2.45, 2.75) is 78.0 Å². The van der Waals surface area contributed by atoms with E-state index >= 15 is 0 Å². The molecule has 1 saturated heterocycles. The van der Waals surface area contributed by atoms with E-state index < -0.39 is 5.60 Å². The molecule has 0 spiro atoms. The fourth-order valence-corrected chi connectivity index (χ4v) is 3.25. The van der Waals surface area contributed by atoms with E-state index in [2.05, 4.69) is 32.6 Å². The molecule has 18 heavy (non-hydrogen) atoms. The molecule has 0 amide bonds. The van der Waals surface area contributed by atoms with Crippen LogP contribution in [-0.2, 0) is 0 Å². The molecule has 3 unspecified atom stereocenters. The molecule has 1 rings (SSSR count). The molecule has 3 atom stereocenters. The van der Waals surface area contributed by atoms with Crippen LogP contribution in [0.25, 0.3) is 0 Å². The predicted octanol–water partition coefficient (Wildman–Crippen LogP) is 2.38. The second-order valence-corrected chi connectivity index (χ2v) is 7.27. The molecule has 0 radical (unpaired) electrons. The lowest BCUT2D eigenvalue weighted by Gasteiger charge is -2.43. The Morgan fingerprint density at radius 2 is 1.89 bits per heavy atom. The number of likely N-dealkylation sites (tertiary alicyclic amines) is 1. The number of aliphatic hydroxyl groups is 1. The van der Waals surface area contributed by atoms with Crippen LogP contribution in [0, 0.1) is 5.41 Å². The Morgan fingerprint density at radius 1 is 1.28 bits per heavy atom. The van der Waals surface area contributed by atoms with Gasteiger partial charge >= 0.3 is 0 Å². The first-order valence-electron chi connectivity index (χ1n) is 7.39. The van der Waals surface area contributed by atoms with E-state index in [0.29, 0.717) is 6.04 Å². The highest BCUT2D eigenvalue weighted by atomic mass is 16.3. The van der Waals surface area contributed by atoms with E-state index in [9.17, 15) is 5.11 Å². The summed E-state index contributed by atoms with van der Waals surface area (Å²) in [6.07, 6.45) is 3.84. The molecule has 1 heterocycles. The third-order valence-corrected chi connectivity index (χ3v) is 4.26. The van der Waals surface area contributed by atoms with Gasteiger partial charge in [-0.1, -0.05) is 27.7 Å². The van der Waals surface area contributed by atoms with Gasteiger partial charge in [0.05, 0.1) is 5.60 Å². The van der Waals surface area contributed by atoms with Gasteiger partial charge in [0.15, 0.2) is 0 Å². The normalized spacial score (nSPS) is 30.8.